The van der Waals surface area contributed by atoms with Crippen LogP contribution >= 0.6 is 24.0 Å². The van der Waals surface area contributed by atoms with Crippen LogP contribution in [0.5, 0.6) is 0 Å². The number of hydrogen-bond acceptors (Lipinski definition) is 7. The van der Waals surface area contributed by atoms with E-state index in [9.17, 15) is 24.8 Å². The standard InChI is InChI=1S/C28H20N4O5S2/c33-26-24(39-28(38)31(26)23(27(34)35)15-18-7-3-1-4-8-18)16-20-17-30(21-9-5-2-6-10-21)29-25(20)19-11-13-22(14-12-19)32(36)37/h1-14,16-17,23H,15H2,(H,34,35)/b24-16-/t23-/m1/s1. The zero-order valence-corrected chi connectivity index (χ0v) is 21.8. The van der Waals surface area contributed by atoms with E-state index in [4.69, 9.17) is 17.3 Å². The summed E-state index contributed by atoms with van der Waals surface area (Å²) in [5.74, 6) is -1.66. The molecule has 0 saturated carbocycles. The quantitative estimate of drug-likeness (QED) is 0.134. The molecule has 194 valence electrons. The Bertz CT molecular complexity index is 1600. The SMILES string of the molecule is O=C(O)[C@@H](Cc1ccccc1)N1C(=O)/C(=C/c2cn(-c3ccccc3)nc2-c2ccc([N+](=O)[O-])cc2)SC1=S. The Morgan fingerprint density at radius 2 is 1.69 bits per heavy atom. The van der Waals surface area contributed by atoms with Crippen LogP contribution in [0.3, 0.4) is 0 Å². The average Bonchev–Trinajstić information content (AvgIpc) is 3.48. The highest BCUT2D eigenvalue weighted by atomic mass is 32.2. The van der Waals surface area contributed by atoms with Crippen molar-refractivity contribution in [2.45, 2.75) is 12.5 Å². The van der Waals surface area contributed by atoms with Gasteiger partial charge in [-0.05, 0) is 35.9 Å². The van der Waals surface area contributed by atoms with E-state index in [0.717, 1.165) is 27.9 Å². The van der Waals surface area contributed by atoms with Crippen molar-refractivity contribution in [2.75, 3.05) is 0 Å². The molecule has 1 amide bonds. The molecule has 0 spiro atoms. The van der Waals surface area contributed by atoms with Crippen molar-refractivity contribution in [1.82, 2.24) is 14.7 Å². The second kappa shape index (κ2) is 11.0. The molecule has 1 aliphatic heterocycles. The summed E-state index contributed by atoms with van der Waals surface area (Å²) in [6.07, 6.45) is 3.48. The minimum absolute atomic E-state index is 0.0539. The normalized spacial score (nSPS) is 15.1. The average molecular weight is 557 g/mol. The number of nitro benzene ring substituents is 1. The summed E-state index contributed by atoms with van der Waals surface area (Å²) in [6, 6.07) is 23.2. The first kappa shape index (κ1) is 26.0. The van der Waals surface area contributed by atoms with E-state index < -0.39 is 22.8 Å². The van der Waals surface area contributed by atoms with E-state index in [1.165, 1.54) is 12.1 Å². The monoisotopic (exact) mass is 556 g/mol. The topological polar surface area (TPSA) is 119 Å². The van der Waals surface area contributed by atoms with Gasteiger partial charge < -0.3 is 5.11 Å². The Labute approximate surface area is 232 Å². The number of nitrogens with zero attached hydrogens (tertiary/aromatic N) is 4. The highest BCUT2D eigenvalue weighted by molar-refractivity contribution is 8.26. The molecule has 0 unspecified atom stereocenters. The number of carbonyl (C=O) groups excluding carboxylic acids is 1. The van der Waals surface area contributed by atoms with Gasteiger partial charge in [0.25, 0.3) is 11.6 Å². The van der Waals surface area contributed by atoms with Crippen LogP contribution in [0.25, 0.3) is 23.0 Å². The number of benzene rings is 3. The summed E-state index contributed by atoms with van der Waals surface area (Å²) in [7, 11) is 0. The van der Waals surface area contributed by atoms with Gasteiger partial charge in [-0.2, -0.15) is 5.10 Å². The van der Waals surface area contributed by atoms with Gasteiger partial charge >= 0.3 is 5.97 Å². The van der Waals surface area contributed by atoms with E-state index in [1.807, 2.05) is 48.5 Å². The number of aromatic nitrogens is 2. The number of hydrogen-bond donors (Lipinski definition) is 1. The fourth-order valence-corrected chi connectivity index (χ4v) is 5.54. The van der Waals surface area contributed by atoms with E-state index in [2.05, 4.69) is 0 Å². The van der Waals surface area contributed by atoms with Crippen LogP contribution in [0.1, 0.15) is 11.1 Å². The summed E-state index contributed by atoms with van der Waals surface area (Å²) in [5.41, 5.74) is 3.18. The minimum atomic E-state index is -1.16. The van der Waals surface area contributed by atoms with E-state index in [1.54, 1.807) is 41.2 Å². The van der Waals surface area contributed by atoms with Crippen LogP contribution in [0.15, 0.2) is 96.0 Å². The number of amides is 1. The molecule has 3 aromatic carbocycles. The molecule has 1 N–H and O–H groups in total. The number of para-hydroxylation sites is 1. The van der Waals surface area contributed by atoms with Crippen molar-refractivity contribution >= 4 is 51.9 Å². The number of non-ortho nitro benzene ring substituents is 1. The summed E-state index contributed by atoms with van der Waals surface area (Å²) < 4.78 is 1.81. The molecule has 0 bridgehead atoms. The van der Waals surface area contributed by atoms with Crippen LogP contribution in [-0.4, -0.2) is 46.9 Å². The van der Waals surface area contributed by atoms with Crippen LogP contribution in [-0.2, 0) is 16.0 Å². The van der Waals surface area contributed by atoms with Crippen LogP contribution in [0.2, 0.25) is 0 Å². The smallest absolute Gasteiger partial charge is 0.327 e. The third-order valence-corrected chi connectivity index (χ3v) is 7.42. The van der Waals surface area contributed by atoms with Gasteiger partial charge in [0.15, 0.2) is 0 Å². The van der Waals surface area contributed by atoms with Crippen molar-refractivity contribution in [3.05, 3.63) is 117 Å². The Kier molecular flexibility index (Phi) is 7.35. The third-order valence-electron chi connectivity index (χ3n) is 6.09. The van der Waals surface area contributed by atoms with Gasteiger partial charge in [0.2, 0.25) is 0 Å². The minimum Gasteiger partial charge on any atom is -0.480 e. The summed E-state index contributed by atoms with van der Waals surface area (Å²) in [5, 5.41) is 25.8. The number of carboxylic acids is 1. The number of nitro groups is 1. The Morgan fingerprint density at radius 1 is 1.05 bits per heavy atom. The molecule has 1 fully saturated rings. The first-order valence-electron chi connectivity index (χ1n) is 11.8. The molecular formula is C28H20N4O5S2. The van der Waals surface area contributed by atoms with Crippen molar-refractivity contribution in [1.29, 1.82) is 0 Å². The molecule has 1 aliphatic rings. The molecule has 1 atom stereocenters. The molecule has 1 aromatic heterocycles. The Hall–Kier alpha value is -4.61. The lowest BCUT2D eigenvalue weighted by Gasteiger charge is -2.23. The fourth-order valence-electron chi connectivity index (χ4n) is 4.19. The lowest BCUT2D eigenvalue weighted by molar-refractivity contribution is -0.384. The number of thiocarbonyl (C=S) groups is 1. The predicted molar refractivity (Wildman–Crippen MR) is 152 cm³/mol. The molecule has 2 heterocycles. The first-order chi connectivity index (χ1) is 18.8. The van der Waals surface area contributed by atoms with E-state index in [-0.39, 0.29) is 21.3 Å². The van der Waals surface area contributed by atoms with Crippen molar-refractivity contribution in [2.24, 2.45) is 0 Å². The number of carbonyl (C=O) groups is 2. The van der Waals surface area contributed by atoms with E-state index in [0.29, 0.717) is 16.8 Å². The summed E-state index contributed by atoms with van der Waals surface area (Å²) in [4.78, 5) is 37.7. The highest BCUT2D eigenvalue weighted by Gasteiger charge is 2.40. The van der Waals surface area contributed by atoms with Gasteiger partial charge in [-0.3, -0.25) is 19.8 Å². The molecule has 0 radical (unpaired) electrons. The second-order valence-electron chi connectivity index (χ2n) is 8.61. The van der Waals surface area contributed by atoms with Gasteiger partial charge in [-0.15, -0.1) is 0 Å². The molecular weight excluding hydrogens is 536 g/mol. The van der Waals surface area contributed by atoms with Crippen molar-refractivity contribution in [3.8, 4) is 16.9 Å². The predicted octanol–water partition coefficient (Wildman–Crippen LogP) is 5.34. The van der Waals surface area contributed by atoms with Crippen LogP contribution in [0.4, 0.5) is 5.69 Å². The molecule has 9 nitrogen and oxygen atoms in total. The fraction of sp³-hybridized carbons (Fsp3) is 0.0714. The summed E-state index contributed by atoms with van der Waals surface area (Å²) >= 11 is 6.48. The first-order valence-corrected chi connectivity index (χ1v) is 13.0. The number of rotatable bonds is 8. The highest BCUT2D eigenvalue weighted by Crippen LogP contribution is 2.37. The number of carboxylic acid groups (broad SMARTS) is 1. The maximum atomic E-state index is 13.5. The largest absolute Gasteiger partial charge is 0.480 e. The maximum Gasteiger partial charge on any atom is 0.327 e. The zero-order valence-electron chi connectivity index (χ0n) is 20.2. The molecule has 11 heteroatoms. The van der Waals surface area contributed by atoms with Crippen molar-refractivity contribution < 1.29 is 19.6 Å². The van der Waals surface area contributed by atoms with Gasteiger partial charge in [-0.25, -0.2) is 9.48 Å². The van der Waals surface area contributed by atoms with Crippen LogP contribution < -0.4 is 0 Å². The molecule has 4 aromatic rings. The molecule has 39 heavy (non-hydrogen) atoms. The molecule has 5 rings (SSSR count). The zero-order chi connectivity index (χ0) is 27.5. The number of thioether (sulfide) groups is 1. The van der Waals surface area contributed by atoms with Gasteiger partial charge in [-0.1, -0.05) is 72.5 Å². The molecule has 1 saturated heterocycles. The summed E-state index contributed by atoms with van der Waals surface area (Å²) in [6.45, 7) is 0. The van der Waals surface area contributed by atoms with Gasteiger partial charge in [0, 0.05) is 35.9 Å². The Morgan fingerprint density at radius 3 is 2.31 bits per heavy atom. The van der Waals surface area contributed by atoms with E-state index >= 15 is 0 Å². The van der Waals surface area contributed by atoms with Gasteiger partial charge in [0.05, 0.1) is 21.2 Å². The maximum absolute atomic E-state index is 13.5. The third kappa shape index (κ3) is 5.49. The number of aliphatic carboxylic acids is 1. The lowest BCUT2D eigenvalue weighted by Crippen LogP contribution is -2.45. The van der Waals surface area contributed by atoms with Crippen molar-refractivity contribution in [3.63, 3.8) is 0 Å². The Balaban J connectivity index is 1.53. The lowest BCUT2D eigenvalue weighted by atomic mass is 10.0. The van der Waals surface area contributed by atoms with Gasteiger partial charge in [0.1, 0.15) is 10.4 Å². The second-order valence-corrected chi connectivity index (χ2v) is 10.3. The van der Waals surface area contributed by atoms with Crippen LogP contribution in [0, 0.1) is 10.1 Å². The molecule has 0 aliphatic carbocycles.